The minimum Gasteiger partial charge on any atom is -0.485 e. The predicted molar refractivity (Wildman–Crippen MR) is 145 cm³/mol. The van der Waals surface area contributed by atoms with Crippen molar-refractivity contribution in [3.63, 3.8) is 0 Å². The number of aliphatic hydroxyl groups is 1. The number of nitrogens with two attached hydrogens (primary N) is 2. The Labute approximate surface area is 219 Å². The number of hydrogen-bond donors (Lipinski definition) is 4. The van der Waals surface area contributed by atoms with E-state index >= 15 is 0 Å². The lowest BCUT2D eigenvalue weighted by Crippen LogP contribution is -2.46. The Morgan fingerprint density at radius 3 is 2.63 bits per heavy atom. The summed E-state index contributed by atoms with van der Waals surface area (Å²) in [6.07, 6.45) is 5.15. The Morgan fingerprint density at radius 2 is 1.92 bits per heavy atom. The highest BCUT2D eigenvalue weighted by Gasteiger charge is 2.29. The van der Waals surface area contributed by atoms with Gasteiger partial charge in [-0.3, -0.25) is 9.59 Å². The second-order valence-corrected chi connectivity index (χ2v) is 9.95. The number of aliphatic hydroxyl groups excluding tert-OH is 1. The second-order valence-electron chi connectivity index (χ2n) is 9.95. The van der Waals surface area contributed by atoms with Crippen molar-refractivity contribution in [3.05, 3.63) is 81.8 Å². The van der Waals surface area contributed by atoms with E-state index in [1.54, 1.807) is 42.7 Å². The third-order valence-corrected chi connectivity index (χ3v) is 6.89. The van der Waals surface area contributed by atoms with Crippen LogP contribution in [-0.4, -0.2) is 43.8 Å². The Hall–Kier alpha value is -4.28. The fraction of sp³-hybridized carbons (Fsp3) is 0.286. The molecule has 1 aliphatic rings. The van der Waals surface area contributed by atoms with Crippen molar-refractivity contribution in [1.29, 1.82) is 0 Å². The van der Waals surface area contributed by atoms with Crippen molar-refractivity contribution in [1.82, 2.24) is 14.5 Å². The highest BCUT2D eigenvalue weighted by atomic mass is 16.5. The van der Waals surface area contributed by atoms with Gasteiger partial charge in [0.15, 0.2) is 5.65 Å². The van der Waals surface area contributed by atoms with Crippen LogP contribution >= 0.6 is 0 Å². The van der Waals surface area contributed by atoms with E-state index in [0.29, 0.717) is 17.1 Å². The summed E-state index contributed by atoms with van der Waals surface area (Å²) >= 11 is 0. The first-order valence-corrected chi connectivity index (χ1v) is 12.4. The SMILES string of the molecule is CC(C)(Oc1ccc(Nc2ncc3c(=O)c(C(N)=O)cn(-c4ccc5c(c4)CCC5)c3n2)cc1)C(O)CN. The Morgan fingerprint density at radius 1 is 1.18 bits per heavy atom. The minimum absolute atomic E-state index is 0.0867. The van der Waals surface area contributed by atoms with Gasteiger partial charge in [-0.1, -0.05) is 6.07 Å². The zero-order valence-corrected chi connectivity index (χ0v) is 21.3. The molecule has 0 aliphatic heterocycles. The van der Waals surface area contributed by atoms with Crippen molar-refractivity contribution in [3.8, 4) is 11.4 Å². The second kappa shape index (κ2) is 9.88. The average Bonchev–Trinajstić information content (AvgIpc) is 3.37. The number of aromatic nitrogens is 3. The zero-order chi connectivity index (χ0) is 27.0. The van der Waals surface area contributed by atoms with Gasteiger partial charge in [0.2, 0.25) is 11.4 Å². The van der Waals surface area contributed by atoms with Crippen LogP contribution in [-0.2, 0) is 12.8 Å². The number of primary amides is 1. The average molecular weight is 515 g/mol. The van der Waals surface area contributed by atoms with Gasteiger partial charge in [0.05, 0.1) is 5.39 Å². The van der Waals surface area contributed by atoms with E-state index in [9.17, 15) is 14.7 Å². The van der Waals surface area contributed by atoms with E-state index < -0.39 is 23.0 Å². The summed E-state index contributed by atoms with van der Waals surface area (Å²) in [5.74, 6) is 0.0292. The van der Waals surface area contributed by atoms with Crippen LogP contribution in [0.25, 0.3) is 16.7 Å². The van der Waals surface area contributed by atoms with Gasteiger partial charge in [-0.15, -0.1) is 0 Å². The molecule has 4 aromatic rings. The highest BCUT2D eigenvalue weighted by molar-refractivity contribution is 5.96. The summed E-state index contributed by atoms with van der Waals surface area (Å²) < 4.78 is 7.60. The van der Waals surface area contributed by atoms with Crippen LogP contribution in [0.3, 0.4) is 0 Å². The molecule has 0 fully saturated rings. The number of rotatable bonds is 8. The number of ether oxygens (including phenoxy) is 1. The number of aryl methyl sites for hydroxylation is 2. The number of fused-ring (bicyclic) bond motifs is 2. The number of carbonyl (C=O) groups excluding carboxylic acids is 1. The molecule has 2 aromatic heterocycles. The van der Waals surface area contributed by atoms with Crippen LogP contribution in [0, 0.1) is 0 Å². The normalized spacial score (nSPS) is 13.8. The fourth-order valence-electron chi connectivity index (χ4n) is 4.64. The molecule has 38 heavy (non-hydrogen) atoms. The molecule has 2 heterocycles. The zero-order valence-electron chi connectivity index (χ0n) is 21.3. The van der Waals surface area contributed by atoms with Gasteiger partial charge in [0, 0.05) is 30.3 Å². The lowest BCUT2D eigenvalue weighted by atomic mass is 10.0. The topological polar surface area (TPSA) is 158 Å². The number of amides is 1. The molecule has 0 saturated carbocycles. The molecule has 10 heteroatoms. The van der Waals surface area contributed by atoms with Gasteiger partial charge in [-0.05, 0) is 80.6 Å². The smallest absolute Gasteiger partial charge is 0.254 e. The van der Waals surface area contributed by atoms with E-state index in [1.807, 2.05) is 6.07 Å². The lowest BCUT2D eigenvalue weighted by molar-refractivity contribution is -0.0227. The maximum Gasteiger partial charge on any atom is 0.254 e. The van der Waals surface area contributed by atoms with Crippen LogP contribution < -0.4 is 26.9 Å². The maximum atomic E-state index is 13.0. The summed E-state index contributed by atoms with van der Waals surface area (Å²) in [5.41, 5.74) is 14.0. The first-order chi connectivity index (χ1) is 18.2. The third kappa shape index (κ3) is 4.83. The van der Waals surface area contributed by atoms with Gasteiger partial charge in [0.1, 0.15) is 23.0 Å². The first-order valence-electron chi connectivity index (χ1n) is 12.4. The summed E-state index contributed by atoms with van der Waals surface area (Å²) in [6, 6.07) is 13.2. The molecule has 2 aromatic carbocycles. The molecular weight excluding hydrogens is 484 g/mol. The van der Waals surface area contributed by atoms with Crippen molar-refractivity contribution < 1.29 is 14.6 Å². The molecule has 5 rings (SSSR count). The minimum atomic E-state index is -0.851. The van der Waals surface area contributed by atoms with Gasteiger partial charge >= 0.3 is 0 Å². The van der Waals surface area contributed by atoms with E-state index in [-0.39, 0.29) is 23.4 Å². The van der Waals surface area contributed by atoms with Gasteiger partial charge in [-0.2, -0.15) is 4.98 Å². The van der Waals surface area contributed by atoms with Gasteiger partial charge < -0.3 is 31.2 Å². The molecule has 10 nitrogen and oxygen atoms in total. The Balaban J connectivity index is 1.50. The summed E-state index contributed by atoms with van der Waals surface area (Å²) in [7, 11) is 0. The van der Waals surface area contributed by atoms with Crippen molar-refractivity contribution >= 4 is 28.6 Å². The van der Waals surface area contributed by atoms with E-state index in [1.165, 1.54) is 23.5 Å². The summed E-state index contributed by atoms with van der Waals surface area (Å²) in [6.45, 7) is 3.62. The number of carbonyl (C=O) groups is 1. The Kier molecular flexibility index (Phi) is 6.60. The molecule has 0 spiro atoms. The number of nitrogens with zero attached hydrogens (tertiary/aromatic N) is 3. The molecule has 6 N–H and O–H groups in total. The van der Waals surface area contributed by atoms with Crippen molar-refractivity contribution in [2.45, 2.75) is 44.8 Å². The molecule has 1 atom stereocenters. The number of hydrogen-bond acceptors (Lipinski definition) is 8. The molecule has 1 aliphatic carbocycles. The summed E-state index contributed by atoms with van der Waals surface area (Å²) in [5, 5.41) is 13.4. The van der Waals surface area contributed by atoms with E-state index in [0.717, 1.165) is 24.9 Å². The molecule has 196 valence electrons. The van der Waals surface area contributed by atoms with Crippen molar-refractivity contribution in [2.75, 3.05) is 11.9 Å². The van der Waals surface area contributed by atoms with E-state index in [4.69, 9.17) is 16.2 Å². The maximum absolute atomic E-state index is 13.0. The number of anilines is 2. The fourth-order valence-corrected chi connectivity index (χ4v) is 4.64. The molecule has 0 bridgehead atoms. The van der Waals surface area contributed by atoms with Gasteiger partial charge in [0.25, 0.3) is 5.91 Å². The molecule has 0 radical (unpaired) electrons. The molecule has 1 amide bonds. The number of pyridine rings is 1. The van der Waals surface area contributed by atoms with E-state index in [2.05, 4.69) is 27.4 Å². The van der Waals surface area contributed by atoms with Crippen LogP contribution in [0.5, 0.6) is 5.75 Å². The first kappa shape index (κ1) is 25.4. The summed E-state index contributed by atoms with van der Waals surface area (Å²) in [4.78, 5) is 34.0. The Bertz CT molecular complexity index is 1580. The number of nitrogens with one attached hydrogen (secondary N) is 1. The third-order valence-electron chi connectivity index (χ3n) is 6.89. The highest BCUT2D eigenvalue weighted by Crippen LogP contribution is 2.27. The van der Waals surface area contributed by atoms with Crippen LogP contribution in [0.2, 0.25) is 0 Å². The monoisotopic (exact) mass is 514 g/mol. The number of benzene rings is 2. The van der Waals surface area contributed by atoms with Crippen LogP contribution in [0.4, 0.5) is 11.6 Å². The standard InChI is InChI=1S/C28H30N6O4/c1-28(2,23(35)13-29)38-20-10-7-18(8-11-20)32-27-31-14-21-24(36)22(25(30)37)15-34(26(21)33-27)19-9-6-16-4-3-5-17(16)12-19/h6-12,14-15,23,35H,3-5,13,29H2,1-2H3,(H2,30,37)(H,31,32,33). The van der Waals surface area contributed by atoms with Crippen LogP contribution in [0.1, 0.15) is 41.8 Å². The molecule has 1 unspecified atom stereocenters. The lowest BCUT2D eigenvalue weighted by Gasteiger charge is -2.30. The van der Waals surface area contributed by atoms with Gasteiger partial charge in [-0.25, -0.2) is 4.98 Å². The molecule has 0 saturated heterocycles. The quantitative estimate of drug-likeness (QED) is 0.279. The predicted octanol–water partition coefficient (Wildman–Crippen LogP) is 2.59. The molecular formula is C28H30N6O4. The van der Waals surface area contributed by atoms with Crippen molar-refractivity contribution in [2.24, 2.45) is 11.5 Å². The largest absolute Gasteiger partial charge is 0.485 e. The van der Waals surface area contributed by atoms with Crippen LogP contribution in [0.15, 0.2) is 59.7 Å².